The van der Waals surface area contributed by atoms with Crippen molar-refractivity contribution in [2.24, 2.45) is 0 Å². The molecule has 134 valence electrons. The largest absolute Gasteiger partial charge is 0.416 e. The molecule has 0 amide bonds. The van der Waals surface area contributed by atoms with Crippen molar-refractivity contribution >= 4 is 0 Å². The van der Waals surface area contributed by atoms with Gasteiger partial charge in [-0.2, -0.15) is 13.2 Å². The van der Waals surface area contributed by atoms with Crippen LogP contribution in [0.3, 0.4) is 0 Å². The van der Waals surface area contributed by atoms with Gasteiger partial charge in [0.2, 0.25) is 0 Å². The molecule has 2 aromatic carbocycles. The molecule has 0 N–H and O–H groups in total. The number of fused-ring (bicyclic) bond motifs is 1. The summed E-state index contributed by atoms with van der Waals surface area (Å²) in [5.74, 6) is 0. The fraction of sp³-hybridized carbons (Fsp3) is 0.286. The molecular formula is C21H19F3N2. The third-order valence-corrected chi connectivity index (χ3v) is 5.00. The number of rotatable bonds is 2. The zero-order chi connectivity index (χ0) is 18.3. The Morgan fingerprint density at radius 3 is 2.54 bits per heavy atom. The monoisotopic (exact) mass is 356 g/mol. The molecule has 2 nitrogen and oxygen atoms in total. The fourth-order valence-corrected chi connectivity index (χ4v) is 3.74. The van der Waals surface area contributed by atoms with Gasteiger partial charge in [0.15, 0.2) is 0 Å². The highest BCUT2D eigenvalue weighted by atomic mass is 19.4. The summed E-state index contributed by atoms with van der Waals surface area (Å²) in [6.45, 7) is 1.83. The van der Waals surface area contributed by atoms with Crippen LogP contribution in [0.25, 0.3) is 16.8 Å². The summed E-state index contributed by atoms with van der Waals surface area (Å²) in [6, 6.07) is 10.1. The molecule has 0 fully saturated rings. The summed E-state index contributed by atoms with van der Waals surface area (Å²) < 4.78 is 41.5. The second kappa shape index (κ2) is 6.31. The number of aromatic nitrogens is 2. The van der Waals surface area contributed by atoms with Crippen molar-refractivity contribution < 1.29 is 13.2 Å². The normalized spacial score (nSPS) is 14.3. The predicted octanol–water partition coefficient (Wildman–Crippen LogP) is 5.75. The van der Waals surface area contributed by atoms with Gasteiger partial charge in [-0.3, -0.25) is 0 Å². The minimum Gasteiger partial charge on any atom is -0.305 e. The van der Waals surface area contributed by atoms with Gasteiger partial charge in [-0.05, 0) is 61.4 Å². The van der Waals surface area contributed by atoms with Crippen LogP contribution in [0.15, 0.2) is 48.9 Å². The lowest BCUT2D eigenvalue weighted by Crippen LogP contribution is -2.08. The molecule has 0 radical (unpaired) electrons. The van der Waals surface area contributed by atoms with Crippen molar-refractivity contribution in [3.05, 3.63) is 71.3 Å². The average Bonchev–Trinajstić information content (AvgIpc) is 3.06. The summed E-state index contributed by atoms with van der Waals surface area (Å²) in [5, 5.41) is 0. The Kier molecular flexibility index (Phi) is 4.10. The summed E-state index contributed by atoms with van der Waals surface area (Å²) >= 11 is 0. The number of halogens is 3. The molecule has 0 spiro atoms. The molecule has 0 bridgehead atoms. The van der Waals surface area contributed by atoms with Crippen molar-refractivity contribution in [3.63, 3.8) is 0 Å². The Morgan fingerprint density at radius 2 is 1.81 bits per heavy atom. The summed E-state index contributed by atoms with van der Waals surface area (Å²) in [4.78, 5) is 4.19. The molecule has 1 aromatic heterocycles. The number of benzene rings is 2. The van der Waals surface area contributed by atoms with Crippen LogP contribution in [0.4, 0.5) is 13.2 Å². The van der Waals surface area contributed by atoms with Crippen molar-refractivity contribution in [2.45, 2.75) is 38.8 Å². The van der Waals surface area contributed by atoms with E-state index in [1.54, 1.807) is 23.2 Å². The Balaban J connectivity index is 1.94. The van der Waals surface area contributed by atoms with Crippen molar-refractivity contribution in [1.82, 2.24) is 9.55 Å². The molecule has 5 heteroatoms. The van der Waals surface area contributed by atoms with Crippen LogP contribution in [-0.4, -0.2) is 9.55 Å². The zero-order valence-electron chi connectivity index (χ0n) is 14.5. The molecule has 4 rings (SSSR count). The van der Waals surface area contributed by atoms with Gasteiger partial charge in [0.05, 0.1) is 23.3 Å². The van der Waals surface area contributed by atoms with Crippen molar-refractivity contribution in [3.8, 4) is 16.8 Å². The van der Waals surface area contributed by atoms with Crippen LogP contribution in [0, 0.1) is 6.92 Å². The first-order valence-electron chi connectivity index (χ1n) is 8.77. The third-order valence-electron chi connectivity index (χ3n) is 5.00. The van der Waals surface area contributed by atoms with Crippen LogP contribution in [0.1, 0.15) is 35.2 Å². The second-order valence-electron chi connectivity index (χ2n) is 6.80. The van der Waals surface area contributed by atoms with Crippen LogP contribution in [0.5, 0.6) is 0 Å². The average molecular weight is 356 g/mol. The number of nitrogens with zero attached hydrogens (tertiary/aromatic N) is 2. The predicted molar refractivity (Wildman–Crippen MR) is 95.4 cm³/mol. The van der Waals surface area contributed by atoms with Gasteiger partial charge in [0.25, 0.3) is 0 Å². The van der Waals surface area contributed by atoms with Crippen LogP contribution in [-0.2, 0) is 19.0 Å². The van der Waals surface area contributed by atoms with Gasteiger partial charge in [-0.25, -0.2) is 4.98 Å². The van der Waals surface area contributed by atoms with Crippen LogP contribution < -0.4 is 0 Å². The van der Waals surface area contributed by atoms with Crippen LogP contribution >= 0.6 is 0 Å². The lowest BCUT2D eigenvalue weighted by atomic mass is 9.85. The zero-order valence-corrected chi connectivity index (χ0v) is 14.5. The standard InChI is InChI=1S/C21H19F3N2/c1-14-12-26(13-25-14)20-11-16(21(22,23)24)9-10-19(20)18-8-4-6-15-5-2-3-7-17(15)18/h4,6,8-13H,2-3,5,7H2,1H3. The fourth-order valence-electron chi connectivity index (χ4n) is 3.74. The van der Waals surface area contributed by atoms with Gasteiger partial charge in [0, 0.05) is 11.8 Å². The molecule has 0 unspecified atom stereocenters. The highest BCUT2D eigenvalue weighted by Gasteiger charge is 2.31. The van der Waals surface area contributed by atoms with Gasteiger partial charge in [0.1, 0.15) is 0 Å². The molecule has 1 heterocycles. The molecule has 0 aliphatic heterocycles. The van der Waals surface area contributed by atoms with Gasteiger partial charge in [-0.1, -0.05) is 24.3 Å². The number of hydrogen-bond acceptors (Lipinski definition) is 1. The van der Waals surface area contributed by atoms with Crippen LogP contribution in [0.2, 0.25) is 0 Å². The summed E-state index contributed by atoms with van der Waals surface area (Å²) in [5.41, 5.74) is 5.04. The van der Waals surface area contributed by atoms with E-state index >= 15 is 0 Å². The van der Waals surface area contributed by atoms with E-state index in [0.717, 1.165) is 42.5 Å². The smallest absolute Gasteiger partial charge is 0.305 e. The Morgan fingerprint density at radius 1 is 1.00 bits per heavy atom. The molecule has 0 atom stereocenters. The Bertz CT molecular complexity index is 954. The molecule has 1 aliphatic rings. The lowest BCUT2D eigenvalue weighted by Gasteiger charge is -2.22. The van der Waals surface area contributed by atoms with E-state index in [4.69, 9.17) is 0 Å². The molecule has 0 saturated carbocycles. The minimum absolute atomic E-state index is 0.513. The second-order valence-corrected chi connectivity index (χ2v) is 6.80. The maximum Gasteiger partial charge on any atom is 0.416 e. The van der Waals surface area contributed by atoms with Gasteiger partial charge in [-0.15, -0.1) is 0 Å². The highest BCUT2D eigenvalue weighted by Crippen LogP contribution is 2.38. The van der Waals surface area contributed by atoms with E-state index in [-0.39, 0.29) is 0 Å². The first-order chi connectivity index (χ1) is 12.4. The molecular weight excluding hydrogens is 337 g/mol. The number of hydrogen-bond donors (Lipinski definition) is 0. The van der Waals surface area contributed by atoms with E-state index in [1.165, 1.54) is 23.3 Å². The maximum absolute atomic E-state index is 13.3. The maximum atomic E-state index is 13.3. The number of aryl methyl sites for hydroxylation is 2. The van der Waals surface area contributed by atoms with E-state index < -0.39 is 11.7 Å². The SMILES string of the molecule is Cc1cn(-c2cc(C(F)(F)F)ccc2-c2cccc3c2CCCC3)cn1. The van der Waals surface area contributed by atoms with E-state index in [2.05, 4.69) is 11.1 Å². The molecule has 0 saturated heterocycles. The van der Waals surface area contributed by atoms with Crippen molar-refractivity contribution in [2.75, 3.05) is 0 Å². The number of alkyl halides is 3. The van der Waals surface area contributed by atoms with E-state index in [9.17, 15) is 13.2 Å². The summed E-state index contributed by atoms with van der Waals surface area (Å²) in [7, 11) is 0. The minimum atomic E-state index is -4.38. The highest BCUT2D eigenvalue weighted by molar-refractivity contribution is 5.77. The third kappa shape index (κ3) is 3.02. The number of imidazole rings is 1. The van der Waals surface area contributed by atoms with Crippen molar-refractivity contribution in [1.29, 1.82) is 0 Å². The topological polar surface area (TPSA) is 17.8 Å². The first-order valence-corrected chi connectivity index (χ1v) is 8.77. The quantitative estimate of drug-likeness (QED) is 0.572. The molecule has 26 heavy (non-hydrogen) atoms. The van der Waals surface area contributed by atoms with E-state index in [1.807, 2.05) is 19.1 Å². The molecule has 3 aromatic rings. The Hall–Kier alpha value is -2.56. The summed E-state index contributed by atoms with van der Waals surface area (Å²) in [6.07, 6.45) is 3.23. The van der Waals surface area contributed by atoms with Gasteiger partial charge < -0.3 is 4.57 Å². The van der Waals surface area contributed by atoms with Gasteiger partial charge >= 0.3 is 6.18 Å². The molecule has 1 aliphatic carbocycles. The van der Waals surface area contributed by atoms with E-state index in [0.29, 0.717) is 5.69 Å². The Labute approximate surface area is 150 Å². The first kappa shape index (κ1) is 16.9. The lowest BCUT2D eigenvalue weighted by molar-refractivity contribution is -0.137.